The molecular weight excluding hydrogens is 291 g/mol. The summed E-state index contributed by atoms with van der Waals surface area (Å²) in [6, 6.07) is 0.707. The van der Waals surface area contributed by atoms with Crippen LogP contribution in [0.25, 0.3) is 0 Å². The monoisotopic (exact) mass is 297 g/mol. The van der Waals surface area contributed by atoms with Crippen molar-refractivity contribution < 1.29 is 30.2 Å². The van der Waals surface area contributed by atoms with E-state index in [0.29, 0.717) is 6.07 Å². The molecule has 0 unspecified atom stereocenters. The Kier molecular flexibility index (Phi) is 3.12. The van der Waals surface area contributed by atoms with Crippen LogP contribution in [0.15, 0.2) is 11.1 Å². The topological polar surface area (TPSA) is 94.2 Å². The van der Waals surface area contributed by atoms with Crippen LogP contribution >= 0.6 is 0 Å². The van der Waals surface area contributed by atoms with Gasteiger partial charge < -0.3 is 5.73 Å². The zero-order valence-corrected chi connectivity index (χ0v) is 10.0. The third kappa shape index (κ3) is 2.47. The van der Waals surface area contributed by atoms with E-state index in [-0.39, 0.29) is 10.8 Å². The molecule has 0 aromatic heterocycles. The minimum Gasteiger partial charge on any atom is -0.366 e. The molecular formula is C8H6F3N3O4S. The number of hydrogen-bond acceptors (Lipinski definition) is 5. The summed E-state index contributed by atoms with van der Waals surface area (Å²) in [7, 11) is -4.17. The first kappa shape index (κ1) is 13.6. The van der Waals surface area contributed by atoms with Crippen molar-refractivity contribution in [1.82, 2.24) is 5.23 Å². The fraction of sp³-hybridized carbons (Fsp3) is 0.125. The van der Waals surface area contributed by atoms with Crippen molar-refractivity contribution in [2.24, 2.45) is 10.7 Å². The van der Waals surface area contributed by atoms with Gasteiger partial charge >= 0.3 is 10.4 Å². The maximum Gasteiger partial charge on any atom is 0.446 e. The van der Waals surface area contributed by atoms with E-state index in [1.165, 1.54) is 6.92 Å². The zero-order valence-electron chi connectivity index (χ0n) is 9.22. The van der Waals surface area contributed by atoms with Gasteiger partial charge in [0, 0.05) is 0 Å². The first-order valence-corrected chi connectivity index (χ1v) is 5.97. The molecule has 1 aromatic carbocycles. The van der Waals surface area contributed by atoms with E-state index in [9.17, 15) is 21.6 Å². The van der Waals surface area contributed by atoms with Crippen molar-refractivity contribution >= 4 is 22.0 Å². The van der Waals surface area contributed by atoms with E-state index in [2.05, 4.69) is 13.6 Å². The number of benzene rings is 1. The molecule has 1 saturated heterocycles. The molecule has 2 rings (SSSR count). The highest BCUT2D eigenvalue weighted by molar-refractivity contribution is 7.82. The Labute approximate surface area is 105 Å². The van der Waals surface area contributed by atoms with E-state index in [1.54, 1.807) is 0 Å². The van der Waals surface area contributed by atoms with Crippen molar-refractivity contribution in [2.75, 3.05) is 0 Å². The normalized spacial score (nSPS) is 18.3. The SMILES string of the molecule is Cc1cc(F)c(F)c(F)c1N=C(N)N1OS(=O)(=O)O1. The van der Waals surface area contributed by atoms with E-state index < -0.39 is 39.5 Å². The van der Waals surface area contributed by atoms with Crippen molar-refractivity contribution in [3.05, 3.63) is 29.1 Å². The van der Waals surface area contributed by atoms with Gasteiger partial charge in [-0.2, -0.15) is 8.42 Å². The van der Waals surface area contributed by atoms with Gasteiger partial charge in [0.25, 0.3) is 5.96 Å². The highest BCUT2D eigenvalue weighted by Gasteiger charge is 2.37. The summed E-state index contributed by atoms with van der Waals surface area (Å²) < 4.78 is 68.4. The highest BCUT2D eigenvalue weighted by Crippen LogP contribution is 2.28. The van der Waals surface area contributed by atoms with Crippen LogP contribution in [-0.2, 0) is 19.0 Å². The van der Waals surface area contributed by atoms with Gasteiger partial charge in [0.1, 0.15) is 5.69 Å². The third-order valence-corrected chi connectivity index (χ3v) is 2.69. The molecule has 1 aromatic rings. The number of aliphatic imine (C=N–C) groups is 1. The summed E-state index contributed by atoms with van der Waals surface area (Å²) in [6.07, 6.45) is 0. The number of nitrogens with two attached hydrogens (primary N) is 1. The van der Waals surface area contributed by atoms with Crippen LogP contribution < -0.4 is 5.73 Å². The first-order valence-electron chi connectivity index (χ1n) is 4.64. The summed E-state index contributed by atoms with van der Waals surface area (Å²) in [4.78, 5) is 3.37. The second-order valence-electron chi connectivity index (χ2n) is 3.44. The van der Waals surface area contributed by atoms with Crippen molar-refractivity contribution in [1.29, 1.82) is 0 Å². The molecule has 11 heteroatoms. The number of aryl methyl sites for hydroxylation is 1. The van der Waals surface area contributed by atoms with Crippen LogP contribution in [0, 0.1) is 24.4 Å². The van der Waals surface area contributed by atoms with Crippen LogP contribution in [0.1, 0.15) is 5.56 Å². The molecule has 7 nitrogen and oxygen atoms in total. The van der Waals surface area contributed by atoms with Gasteiger partial charge in [-0.1, -0.05) is 13.8 Å². The molecule has 0 bridgehead atoms. The second-order valence-corrected chi connectivity index (χ2v) is 4.55. The van der Waals surface area contributed by atoms with Crippen molar-refractivity contribution in [3.8, 4) is 0 Å². The lowest BCUT2D eigenvalue weighted by Gasteiger charge is -2.25. The summed E-state index contributed by atoms with van der Waals surface area (Å²) in [5, 5.41) is 0.176. The van der Waals surface area contributed by atoms with Crippen molar-refractivity contribution in [3.63, 3.8) is 0 Å². The zero-order chi connectivity index (χ0) is 14.4. The highest BCUT2D eigenvalue weighted by atomic mass is 32.3. The molecule has 1 fully saturated rings. The largest absolute Gasteiger partial charge is 0.446 e. The molecule has 0 amide bonds. The third-order valence-electron chi connectivity index (χ3n) is 2.06. The van der Waals surface area contributed by atoms with E-state index in [4.69, 9.17) is 5.73 Å². The maximum absolute atomic E-state index is 13.4. The molecule has 19 heavy (non-hydrogen) atoms. The molecule has 1 aliphatic rings. The van der Waals surface area contributed by atoms with Crippen LogP contribution in [0.5, 0.6) is 0 Å². The molecule has 1 aliphatic heterocycles. The standard InChI is InChI=1S/C8H6F3N3O4S/c1-3-2-4(9)5(10)6(11)7(3)13-8(12)14-17-19(15,16)18-14/h2H,1H3,(H2,12,13). The predicted molar refractivity (Wildman–Crippen MR) is 55.3 cm³/mol. The van der Waals surface area contributed by atoms with Crippen LogP contribution in [0.4, 0.5) is 18.9 Å². The van der Waals surface area contributed by atoms with Crippen LogP contribution in [0.3, 0.4) is 0 Å². The Morgan fingerprint density at radius 1 is 1.32 bits per heavy atom. The molecule has 0 aliphatic carbocycles. The number of hydroxylamine groups is 2. The average Bonchev–Trinajstić information content (AvgIpc) is 2.28. The molecule has 0 radical (unpaired) electrons. The molecule has 0 saturated carbocycles. The Bertz CT molecular complexity index is 664. The van der Waals surface area contributed by atoms with Crippen molar-refractivity contribution in [2.45, 2.75) is 6.92 Å². The molecule has 2 N–H and O–H groups in total. The number of nitrogens with zero attached hydrogens (tertiary/aromatic N) is 2. The van der Waals surface area contributed by atoms with Gasteiger partial charge in [-0.05, 0) is 18.6 Å². The lowest BCUT2D eigenvalue weighted by molar-refractivity contribution is -0.269. The van der Waals surface area contributed by atoms with Gasteiger partial charge in [-0.25, -0.2) is 18.2 Å². The lowest BCUT2D eigenvalue weighted by Crippen LogP contribution is -2.49. The van der Waals surface area contributed by atoms with Gasteiger partial charge in [0.05, 0.1) is 0 Å². The molecule has 104 valence electrons. The Hall–Kier alpha value is -1.85. The summed E-state index contributed by atoms with van der Waals surface area (Å²) in [6.45, 7) is 1.26. The van der Waals surface area contributed by atoms with Crippen LogP contribution in [-0.4, -0.2) is 19.6 Å². The van der Waals surface area contributed by atoms with Crippen LogP contribution in [0.2, 0.25) is 0 Å². The smallest absolute Gasteiger partial charge is 0.366 e. The fourth-order valence-corrected chi connectivity index (χ4v) is 1.74. The van der Waals surface area contributed by atoms with Gasteiger partial charge in [0.2, 0.25) is 0 Å². The maximum atomic E-state index is 13.4. The Morgan fingerprint density at radius 3 is 2.42 bits per heavy atom. The minimum atomic E-state index is -4.17. The number of guanidine groups is 1. The van der Waals surface area contributed by atoms with Gasteiger partial charge in [0.15, 0.2) is 17.5 Å². The van der Waals surface area contributed by atoms with Gasteiger partial charge in [-0.3, -0.25) is 0 Å². The summed E-state index contributed by atoms with van der Waals surface area (Å²) >= 11 is 0. The molecule has 0 atom stereocenters. The number of halogens is 3. The van der Waals surface area contributed by atoms with E-state index in [1.807, 2.05) is 0 Å². The number of rotatable bonds is 1. The first-order chi connectivity index (χ1) is 8.71. The fourth-order valence-electron chi connectivity index (χ4n) is 1.24. The summed E-state index contributed by atoms with van der Waals surface area (Å²) in [5.41, 5.74) is 4.58. The molecule has 1 heterocycles. The lowest BCUT2D eigenvalue weighted by atomic mass is 10.2. The van der Waals surface area contributed by atoms with E-state index in [0.717, 1.165) is 0 Å². The Morgan fingerprint density at radius 2 is 1.89 bits per heavy atom. The summed E-state index contributed by atoms with van der Waals surface area (Å²) in [5.74, 6) is -5.38. The van der Waals surface area contributed by atoms with Gasteiger partial charge in [-0.15, -0.1) is 0 Å². The quantitative estimate of drug-likeness (QED) is 0.468. The average molecular weight is 297 g/mol. The Balaban J connectivity index is 2.36. The molecule has 0 spiro atoms. The predicted octanol–water partition coefficient (Wildman–Crippen LogP) is 0.782. The van der Waals surface area contributed by atoms with E-state index >= 15 is 0 Å². The number of hydrogen-bond donors (Lipinski definition) is 1. The minimum absolute atomic E-state index is 0.0530. The second kappa shape index (κ2) is 4.36.